The summed E-state index contributed by atoms with van der Waals surface area (Å²) in [4.78, 5) is 14.8. The Morgan fingerprint density at radius 2 is 2.20 bits per heavy atom. The SMILES string of the molecule is CC(CCO)CNC(=O)c1ccoc1CN1c2ccccc2CC1C. The van der Waals surface area contributed by atoms with Crippen LogP contribution < -0.4 is 10.2 Å². The van der Waals surface area contributed by atoms with E-state index in [0.29, 0.717) is 36.9 Å². The molecule has 2 atom stereocenters. The van der Waals surface area contributed by atoms with E-state index in [1.165, 1.54) is 11.3 Å². The van der Waals surface area contributed by atoms with E-state index in [0.717, 1.165) is 6.42 Å². The van der Waals surface area contributed by atoms with Crippen molar-refractivity contribution in [3.05, 3.63) is 53.5 Å². The number of amides is 1. The number of carbonyl (C=O) groups excluding carboxylic acids is 1. The zero-order chi connectivity index (χ0) is 17.8. The summed E-state index contributed by atoms with van der Waals surface area (Å²) in [7, 11) is 0. The molecule has 0 saturated heterocycles. The van der Waals surface area contributed by atoms with Gasteiger partial charge in [0.1, 0.15) is 5.76 Å². The van der Waals surface area contributed by atoms with E-state index in [9.17, 15) is 4.79 Å². The Bertz CT molecular complexity index is 725. The van der Waals surface area contributed by atoms with Gasteiger partial charge in [-0.3, -0.25) is 4.79 Å². The summed E-state index contributed by atoms with van der Waals surface area (Å²) < 4.78 is 5.62. The van der Waals surface area contributed by atoms with Gasteiger partial charge in [-0.15, -0.1) is 0 Å². The van der Waals surface area contributed by atoms with Crippen molar-refractivity contribution < 1.29 is 14.3 Å². The van der Waals surface area contributed by atoms with Gasteiger partial charge in [0, 0.05) is 24.9 Å². The molecule has 3 rings (SSSR count). The number of fused-ring (bicyclic) bond motifs is 1. The lowest BCUT2D eigenvalue weighted by atomic mass is 10.1. The number of furan rings is 1. The van der Waals surface area contributed by atoms with E-state index in [1.807, 2.05) is 13.0 Å². The minimum atomic E-state index is -0.117. The largest absolute Gasteiger partial charge is 0.467 e. The number of benzene rings is 1. The van der Waals surface area contributed by atoms with Gasteiger partial charge in [-0.1, -0.05) is 25.1 Å². The highest BCUT2D eigenvalue weighted by atomic mass is 16.3. The van der Waals surface area contributed by atoms with Crippen LogP contribution in [0.2, 0.25) is 0 Å². The lowest BCUT2D eigenvalue weighted by molar-refractivity contribution is 0.0943. The smallest absolute Gasteiger partial charge is 0.254 e. The van der Waals surface area contributed by atoms with Crippen molar-refractivity contribution >= 4 is 11.6 Å². The minimum absolute atomic E-state index is 0.117. The summed E-state index contributed by atoms with van der Waals surface area (Å²) in [5.41, 5.74) is 3.15. The fourth-order valence-corrected chi connectivity index (χ4v) is 3.38. The van der Waals surface area contributed by atoms with E-state index < -0.39 is 0 Å². The molecule has 5 heteroatoms. The quantitative estimate of drug-likeness (QED) is 0.812. The van der Waals surface area contributed by atoms with Crippen molar-refractivity contribution in [2.45, 2.75) is 39.3 Å². The third-order valence-corrected chi connectivity index (χ3v) is 4.89. The maximum Gasteiger partial charge on any atom is 0.254 e. The number of aliphatic hydroxyl groups is 1. The van der Waals surface area contributed by atoms with E-state index in [2.05, 4.69) is 35.3 Å². The zero-order valence-electron chi connectivity index (χ0n) is 14.9. The molecule has 2 heterocycles. The number of nitrogens with zero attached hydrogens (tertiary/aromatic N) is 1. The van der Waals surface area contributed by atoms with Gasteiger partial charge in [0.05, 0.1) is 18.4 Å². The van der Waals surface area contributed by atoms with Crippen molar-refractivity contribution in [3.63, 3.8) is 0 Å². The number of carbonyl (C=O) groups is 1. The number of anilines is 1. The monoisotopic (exact) mass is 342 g/mol. The van der Waals surface area contributed by atoms with Gasteiger partial charge in [-0.2, -0.15) is 0 Å². The number of para-hydroxylation sites is 1. The highest BCUT2D eigenvalue weighted by Crippen LogP contribution is 2.33. The van der Waals surface area contributed by atoms with Gasteiger partial charge in [0.2, 0.25) is 0 Å². The van der Waals surface area contributed by atoms with Crippen molar-refractivity contribution in [2.24, 2.45) is 5.92 Å². The number of nitrogens with one attached hydrogen (secondary N) is 1. The van der Waals surface area contributed by atoms with Crippen LogP contribution in [0.1, 0.15) is 41.9 Å². The normalized spacial score (nSPS) is 17.4. The van der Waals surface area contributed by atoms with E-state index in [1.54, 1.807) is 12.3 Å². The van der Waals surface area contributed by atoms with Crippen molar-refractivity contribution in [2.75, 3.05) is 18.1 Å². The molecule has 2 unspecified atom stereocenters. The van der Waals surface area contributed by atoms with E-state index in [-0.39, 0.29) is 18.4 Å². The van der Waals surface area contributed by atoms with Crippen LogP contribution in [0.25, 0.3) is 0 Å². The minimum Gasteiger partial charge on any atom is -0.467 e. The Balaban J connectivity index is 1.69. The zero-order valence-corrected chi connectivity index (χ0v) is 14.9. The summed E-state index contributed by atoms with van der Waals surface area (Å²) in [6, 6.07) is 10.5. The Morgan fingerprint density at radius 1 is 1.40 bits per heavy atom. The molecule has 1 aromatic heterocycles. The Labute approximate surface area is 148 Å². The standard InChI is InChI=1S/C20H26N2O3/c1-14(7-9-23)12-21-20(24)17-8-10-25-19(17)13-22-15(2)11-16-5-3-4-6-18(16)22/h3-6,8,10,14-15,23H,7,9,11-13H2,1-2H3,(H,21,24). The number of aliphatic hydroxyl groups excluding tert-OH is 1. The first kappa shape index (κ1) is 17.5. The second-order valence-corrected chi connectivity index (χ2v) is 6.89. The van der Waals surface area contributed by atoms with Gasteiger partial charge < -0.3 is 19.7 Å². The van der Waals surface area contributed by atoms with Crippen LogP contribution in [-0.2, 0) is 13.0 Å². The van der Waals surface area contributed by atoms with Crippen LogP contribution in [0.3, 0.4) is 0 Å². The first-order valence-electron chi connectivity index (χ1n) is 8.90. The summed E-state index contributed by atoms with van der Waals surface area (Å²) in [5.74, 6) is 0.819. The van der Waals surface area contributed by atoms with Crippen molar-refractivity contribution in [1.82, 2.24) is 5.32 Å². The van der Waals surface area contributed by atoms with Gasteiger partial charge in [-0.05, 0) is 43.4 Å². The van der Waals surface area contributed by atoms with Crippen LogP contribution in [0.5, 0.6) is 0 Å². The van der Waals surface area contributed by atoms with Crippen molar-refractivity contribution in [3.8, 4) is 0 Å². The molecule has 0 spiro atoms. The molecule has 25 heavy (non-hydrogen) atoms. The molecule has 5 nitrogen and oxygen atoms in total. The van der Waals surface area contributed by atoms with Gasteiger partial charge >= 0.3 is 0 Å². The molecule has 134 valence electrons. The molecule has 0 radical (unpaired) electrons. The van der Waals surface area contributed by atoms with Gasteiger partial charge in [0.25, 0.3) is 5.91 Å². The lowest BCUT2D eigenvalue weighted by Gasteiger charge is -2.24. The average Bonchev–Trinajstić information content (AvgIpc) is 3.18. The highest BCUT2D eigenvalue weighted by molar-refractivity contribution is 5.95. The van der Waals surface area contributed by atoms with Crippen LogP contribution >= 0.6 is 0 Å². The third-order valence-electron chi connectivity index (χ3n) is 4.89. The Kier molecular flexibility index (Phi) is 5.43. The van der Waals surface area contributed by atoms with E-state index in [4.69, 9.17) is 9.52 Å². The Morgan fingerprint density at radius 3 is 3.00 bits per heavy atom. The first-order valence-corrected chi connectivity index (χ1v) is 8.90. The molecule has 0 aliphatic carbocycles. The molecule has 0 saturated carbocycles. The molecule has 1 aliphatic rings. The van der Waals surface area contributed by atoms with Crippen LogP contribution in [0, 0.1) is 5.92 Å². The Hall–Kier alpha value is -2.27. The molecule has 0 bridgehead atoms. The molecule has 2 aromatic rings. The van der Waals surface area contributed by atoms with Crippen LogP contribution in [0.15, 0.2) is 41.0 Å². The summed E-state index contributed by atoms with van der Waals surface area (Å²) >= 11 is 0. The van der Waals surface area contributed by atoms with Gasteiger partial charge in [-0.25, -0.2) is 0 Å². The summed E-state index contributed by atoms with van der Waals surface area (Å²) in [6.07, 6.45) is 3.27. The predicted molar refractivity (Wildman–Crippen MR) is 97.7 cm³/mol. The lowest BCUT2D eigenvalue weighted by Crippen LogP contribution is -2.31. The molecule has 2 N–H and O–H groups in total. The topological polar surface area (TPSA) is 65.7 Å². The highest BCUT2D eigenvalue weighted by Gasteiger charge is 2.27. The number of hydrogen-bond donors (Lipinski definition) is 2. The molecule has 0 fully saturated rings. The molecule has 1 aromatic carbocycles. The molecular weight excluding hydrogens is 316 g/mol. The predicted octanol–water partition coefficient (Wildman–Crippen LogP) is 2.98. The van der Waals surface area contributed by atoms with Crippen molar-refractivity contribution in [1.29, 1.82) is 0 Å². The fraction of sp³-hybridized carbons (Fsp3) is 0.450. The van der Waals surface area contributed by atoms with Crippen LogP contribution in [-0.4, -0.2) is 30.2 Å². The van der Waals surface area contributed by atoms with E-state index >= 15 is 0 Å². The van der Waals surface area contributed by atoms with Gasteiger partial charge in [0.15, 0.2) is 0 Å². The molecular formula is C20H26N2O3. The van der Waals surface area contributed by atoms with Crippen LogP contribution in [0.4, 0.5) is 5.69 Å². The third kappa shape index (κ3) is 3.87. The second kappa shape index (κ2) is 7.74. The summed E-state index contributed by atoms with van der Waals surface area (Å²) in [5, 5.41) is 11.9. The maximum atomic E-state index is 12.5. The first-order chi connectivity index (χ1) is 12.1. The fourth-order valence-electron chi connectivity index (χ4n) is 3.38. The number of rotatable bonds is 7. The molecule has 1 amide bonds. The maximum absolute atomic E-state index is 12.5. The molecule has 1 aliphatic heterocycles. The number of hydrogen-bond acceptors (Lipinski definition) is 4. The average molecular weight is 342 g/mol. The second-order valence-electron chi connectivity index (χ2n) is 6.89. The summed E-state index contributed by atoms with van der Waals surface area (Å²) in [6.45, 7) is 5.47.